The van der Waals surface area contributed by atoms with Gasteiger partial charge in [0.15, 0.2) is 0 Å². The Bertz CT molecular complexity index is 419. The highest BCUT2D eigenvalue weighted by Gasteiger charge is 2.15. The summed E-state index contributed by atoms with van der Waals surface area (Å²) >= 11 is 0. The Morgan fingerprint density at radius 1 is 1.47 bits per heavy atom. The highest BCUT2D eigenvalue weighted by atomic mass is 16.2. The van der Waals surface area contributed by atoms with Crippen LogP contribution in [0.25, 0.3) is 0 Å². The summed E-state index contributed by atoms with van der Waals surface area (Å²) in [4.78, 5) is 11.7. The summed E-state index contributed by atoms with van der Waals surface area (Å²) in [5, 5.41) is 11.3. The second kappa shape index (κ2) is 6.02. The lowest BCUT2D eigenvalue weighted by molar-refractivity contribution is -0.122. The van der Waals surface area contributed by atoms with Crippen molar-refractivity contribution in [2.24, 2.45) is 11.7 Å². The molecule has 0 heterocycles. The van der Waals surface area contributed by atoms with E-state index in [1.54, 1.807) is 6.92 Å². The fourth-order valence-corrected chi connectivity index (χ4v) is 1.33. The molecule has 0 saturated heterocycles. The highest BCUT2D eigenvalue weighted by molar-refractivity contribution is 5.82. The number of carbonyl (C=O) groups is 1. The van der Waals surface area contributed by atoms with Gasteiger partial charge in [-0.05, 0) is 19.4 Å². The Morgan fingerprint density at radius 3 is 2.59 bits per heavy atom. The molecular weight excluding hydrogens is 214 g/mol. The Hall–Kier alpha value is -1.86. The van der Waals surface area contributed by atoms with Crippen molar-refractivity contribution in [3.05, 3.63) is 35.4 Å². The largest absolute Gasteiger partial charge is 0.353 e. The van der Waals surface area contributed by atoms with Crippen LogP contribution in [0.2, 0.25) is 0 Å². The Labute approximate surface area is 101 Å². The number of benzene rings is 1. The van der Waals surface area contributed by atoms with Gasteiger partial charge in [-0.1, -0.05) is 29.8 Å². The van der Waals surface area contributed by atoms with E-state index in [-0.39, 0.29) is 11.8 Å². The molecule has 0 aliphatic rings. The summed E-state index contributed by atoms with van der Waals surface area (Å²) in [5.74, 6) is -0.458. The summed E-state index contributed by atoms with van der Waals surface area (Å²) in [6.45, 7) is 4.05. The lowest BCUT2D eigenvalue weighted by Crippen LogP contribution is -2.36. The number of nitrogens with two attached hydrogens (primary N) is 1. The van der Waals surface area contributed by atoms with E-state index in [4.69, 9.17) is 11.0 Å². The van der Waals surface area contributed by atoms with Crippen LogP contribution in [-0.4, -0.2) is 12.5 Å². The number of hydrogen-bond acceptors (Lipinski definition) is 3. The first-order valence-electron chi connectivity index (χ1n) is 5.54. The third-order valence-corrected chi connectivity index (χ3v) is 2.52. The van der Waals surface area contributed by atoms with Gasteiger partial charge < -0.3 is 11.1 Å². The van der Waals surface area contributed by atoms with Crippen LogP contribution in [0.3, 0.4) is 0 Å². The molecule has 2 atom stereocenters. The normalized spacial score (nSPS) is 13.5. The van der Waals surface area contributed by atoms with Crippen LogP contribution in [-0.2, 0) is 4.79 Å². The van der Waals surface area contributed by atoms with Crippen LogP contribution < -0.4 is 11.1 Å². The van der Waals surface area contributed by atoms with Gasteiger partial charge in [-0.3, -0.25) is 4.79 Å². The van der Waals surface area contributed by atoms with E-state index >= 15 is 0 Å². The van der Waals surface area contributed by atoms with Gasteiger partial charge in [0, 0.05) is 6.54 Å². The maximum Gasteiger partial charge on any atom is 0.241 e. The molecule has 4 nitrogen and oxygen atoms in total. The average Bonchev–Trinajstić information content (AvgIpc) is 2.35. The van der Waals surface area contributed by atoms with Gasteiger partial charge in [-0.15, -0.1) is 0 Å². The van der Waals surface area contributed by atoms with Crippen LogP contribution >= 0.6 is 0 Å². The first-order chi connectivity index (χ1) is 8.04. The van der Waals surface area contributed by atoms with Crippen LogP contribution in [0.5, 0.6) is 0 Å². The second-order valence-corrected chi connectivity index (χ2v) is 4.16. The number of rotatable bonds is 4. The fraction of sp³-hybridized carbons (Fsp3) is 0.385. The molecule has 0 aliphatic carbocycles. The number of nitrogens with zero attached hydrogens (tertiary/aromatic N) is 1. The highest BCUT2D eigenvalue weighted by Crippen LogP contribution is 2.11. The van der Waals surface area contributed by atoms with E-state index in [0.29, 0.717) is 6.54 Å². The van der Waals surface area contributed by atoms with E-state index < -0.39 is 6.04 Å². The van der Waals surface area contributed by atoms with E-state index in [0.717, 1.165) is 11.1 Å². The van der Waals surface area contributed by atoms with Crippen molar-refractivity contribution in [2.45, 2.75) is 19.9 Å². The van der Waals surface area contributed by atoms with Crippen molar-refractivity contribution in [3.63, 3.8) is 0 Å². The quantitative estimate of drug-likeness (QED) is 0.819. The number of nitriles is 1. The number of amides is 1. The molecular formula is C13H17N3O. The first-order valence-corrected chi connectivity index (χ1v) is 5.54. The zero-order valence-corrected chi connectivity index (χ0v) is 10.1. The van der Waals surface area contributed by atoms with Gasteiger partial charge in [-0.2, -0.15) is 5.26 Å². The first kappa shape index (κ1) is 13.2. The van der Waals surface area contributed by atoms with Crippen LogP contribution in [0.1, 0.15) is 24.1 Å². The lowest BCUT2D eigenvalue weighted by atomic mass is 10.1. The van der Waals surface area contributed by atoms with Crippen molar-refractivity contribution in [2.75, 3.05) is 6.54 Å². The number of carbonyl (C=O) groups excluding carboxylic acids is 1. The Balaban J connectivity index is 2.58. The molecule has 0 spiro atoms. The molecule has 0 bridgehead atoms. The summed E-state index contributed by atoms with van der Waals surface area (Å²) < 4.78 is 0. The molecule has 3 N–H and O–H groups in total. The molecule has 1 aromatic rings. The van der Waals surface area contributed by atoms with Crippen molar-refractivity contribution in [1.82, 2.24) is 5.32 Å². The number of aryl methyl sites for hydroxylation is 1. The van der Waals surface area contributed by atoms with Crippen LogP contribution in [0, 0.1) is 24.2 Å². The molecule has 0 saturated carbocycles. The maximum atomic E-state index is 11.7. The predicted octanol–water partition coefficient (Wildman–Crippen LogP) is 1.27. The summed E-state index contributed by atoms with van der Waals surface area (Å²) in [6.07, 6.45) is 0. The second-order valence-electron chi connectivity index (χ2n) is 4.16. The zero-order chi connectivity index (χ0) is 12.8. The van der Waals surface area contributed by atoms with Gasteiger partial charge in [0.2, 0.25) is 5.91 Å². The van der Waals surface area contributed by atoms with Crippen molar-refractivity contribution >= 4 is 5.91 Å². The third kappa shape index (κ3) is 3.89. The van der Waals surface area contributed by atoms with Gasteiger partial charge >= 0.3 is 0 Å². The van der Waals surface area contributed by atoms with Gasteiger partial charge in [0.1, 0.15) is 6.04 Å². The molecule has 0 radical (unpaired) electrons. The molecule has 17 heavy (non-hydrogen) atoms. The van der Waals surface area contributed by atoms with Crippen molar-refractivity contribution in [1.29, 1.82) is 5.26 Å². The molecule has 0 aromatic heterocycles. The van der Waals surface area contributed by atoms with Gasteiger partial charge in [0.05, 0.1) is 12.0 Å². The summed E-state index contributed by atoms with van der Waals surface area (Å²) in [7, 11) is 0. The van der Waals surface area contributed by atoms with E-state index in [1.165, 1.54) is 0 Å². The Morgan fingerprint density at radius 2 is 2.06 bits per heavy atom. The monoisotopic (exact) mass is 231 g/mol. The third-order valence-electron chi connectivity index (χ3n) is 2.52. The lowest BCUT2D eigenvalue weighted by Gasteiger charge is -2.13. The summed E-state index contributed by atoms with van der Waals surface area (Å²) in [6, 6.07) is 8.89. The fourth-order valence-electron chi connectivity index (χ4n) is 1.33. The summed E-state index contributed by atoms with van der Waals surface area (Å²) in [5.41, 5.74) is 7.72. The van der Waals surface area contributed by atoms with E-state index in [9.17, 15) is 4.79 Å². The van der Waals surface area contributed by atoms with Crippen LogP contribution in [0.15, 0.2) is 24.3 Å². The Kier molecular flexibility index (Phi) is 4.68. The van der Waals surface area contributed by atoms with Gasteiger partial charge in [0.25, 0.3) is 0 Å². The van der Waals surface area contributed by atoms with E-state index in [1.807, 2.05) is 31.2 Å². The molecule has 90 valence electrons. The van der Waals surface area contributed by atoms with Crippen molar-refractivity contribution < 1.29 is 4.79 Å². The minimum absolute atomic E-state index is 0.204. The molecule has 4 heteroatoms. The van der Waals surface area contributed by atoms with Crippen molar-refractivity contribution in [3.8, 4) is 6.07 Å². The number of nitrogens with one attached hydrogen (secondary N) is 1. The molecule has 1 amide bonds. The van der Waals surface area contributed by atoms with Crippen LogP contribution in [0.4, 0.5) is 0 Å². The van der Waals surface area contributed by atoms with Gasteiger partial charge in [-0.25, -0.2) is 0 Å². The standard InChI is InChI=1S/C13H17N3O/c1-9-3-5-11(6-4-9)12(15)13(17)16-8-10(2)7-14/h3-6,10,12H,8,15H2,1-2H3,(H,16,17). The number of hydrogen-bond donors (Lipinski definition) is 2. The van der Waals surface area contributed by atoms with E-state index in [2.05, 4.69) is 11.4 Å². The molecule has 1 rings (SSSR count). The topological polar surface area (TPSA) is 78.9 Å². The minimum atomic E-state index is -0.679. The smallest absolute Gasteiger partial charge is 0.241 e. The zero-order valence-electron chi connectivity index (χ0n) is 10.1. The average molecular weight is 231 g/mol. The minimum Gasteiger partial charge on any atom is -0.353 e. The maximum absolute atomic E-state index is 11.7. The SMILES string of the molecule is Cc1ccc(C(N)C(=O)NCC(C)C#N)cc1. The molecule has 1 aromatic carbocycles. The molecule has 2 unspecified atom stereocenters. The molecule has 0 aliphatic heterocycles. The molecule has 0 fully saturated rings. The predicted molar refractivity (Wildman–Crippen MR) is 65.9 cm³/mol.